The van der Waals surface area contributed by atoms with Gasteiger partial charge in [0.15, 0.2) is 0 Å². The summed E-state index contributed by atoms with van der Waals surface area (Å²) in [7, 11) is -0.709. The van der Waals surface area contributed by atoms with Crippen molar-refractivity contribution >= 4 is 27.0 Å². The van der Waals surface area contributed by atoms with Crippen LogP contribution in [0.3, 0.4) is 0 Å². The third kappa shape index (κ3) is 3.96. The van der Waals surface area contributed by atoms with Gasteiger partial charge in [0.05, 0.1) is 15.9 Å². The molecular formula is C20H24N4O4S. The number of fused-ring (bicyclic) bond motifs is 1. The third-order valence-corrected chi connectivity index (χ3v) is 6.67. The molecule has 1 N–H and O–H groups in total. The number of nitrogens with zero attached hydrogens (tertiary/aromatic N) is 3. The highest BCUT2D eigenvalue weighted by Crippen LogP contribution is 2.18. The minimum absolute atomic E-state index is 0.0449. The Labute approximate surface area is 169 Å². The Morgan fingerprint density at radius 1 is 1.00 bits per heavy atom. The van der Waals surface area contributed by atoms with Crippen LogP contribution in [0, 0.1) is 0 Å². The summed E-state index contributed by atoms with van der Waals surface area (Å²) in [6.07, 6.45) is 0. The molecule has 0 aliphatic rings. The quantitative estimate of drug-likeness (QED) is 0.630. The van der Waals surface area contributed by atoms with Crippen LogP contribution in [0.2, 0.25) is 0 Å². The number of imidazole rings is 1. The van der Waals surface area contributed by atoms with Crippen LogP contribution in [0.1, 0.15) is 12.5 Å². The lowest BCUT2D eigenvalue weighted by atomic mass is 10.2. The Morgan fingerprint density at radius 2 is 1.59 bits per heavy atom. The molecular weight excluding hydrogens is 392 g/mol. The number of aromatic nitrogens is 2. The van der Waals surface area contributed by atoms with Gasteiger partial charge >= 0.3 is 5.69 Å². The highest BCUT2D eigenvalue weighted by Gasteiger charge is 2.21. The molecule has 1 amide bonds. The second-order valence-electron chi connectivity index (χ2n) is 6.77. The lowest BCUT2D eigenvalue weighted by Crippen LogP contribution is -2.33. The molecule has 3 rings (SSSR count). The largest absolute Gasteiger partial charge is 0.350 e. The van der Waals surface area contributed by atoms with E-state index in [1.807, 2.05) is 25.1 Å². The molecule has 0 atom stereocenters. The lowest BCUT2D eigenvalue weighted by Gasteiger charge is -2.15. The predicted octanol–water partition coefficient (Wildman–Crippen LogP) is 1.39. The van der Waals surface area contributed by atoms with E-state index in [1.54, 1.807) is 28.8 Å². The first kappa shape index (κ1) is 20.8. The molecule has 0 saturated heterocycles. The van der Waals surface area contributed by atoms with Gasteiger partial charge in [0.1, 0.15) is 6.54 Å². The fourth-order valence-corrected chi connectivity index (χ4v) is 4.34. The normalized spacial score (nSPS) is 11.9. The molecule has 0 aliphatic heterocycles. The number of benzene rings is 2. The summed E-state index contributed by atoms with van der Waals surface area (Å²) in [4.78, 5) is 25.3. The van der Waals surface area contributed by atoms with Gasteiger partial charge in [-0.2, -0.15) is 0 Å². The number of hydrogen-bond donors (Lipinski definition) is 1. The van der Waals surface area contributed by atoms with Crippen molar-refractivity contribution in [3.63, 3.8) is 0 Å². The van der Waals surface area contributed by atoms with Crippen molar-refractivity contribution in [2.75, 3.05) is 14.1 Å². The maximum absolute atomic E-state index is 12.7. The minimum Gasteiger partial charge on any atom is -0.350 e. The van der Waals surface area contributed by atoms with Crippen molar-refractivity contribution in [2.45, 2.75) is 31.5 Å². The number of carbonyl (C=O) groups is 1. The summed E-state index contributed by atoms with van der Waals surface area (Å²) in [6, 6.07) is 13.8. The van der Waals surface area contributed by atoms with E-state index in [4.69, 9.17) is 0 Å². The van der Waals surface area contributed by atoms with E-state index >= 15 is 0 Å². The zero-order valence-electron chi connectivity index (χ0n) is 16.6. The Kier molecular flexibility index (Phi) is 5.90. The van der Waals surface area contributed by atoms with Crippen molar-refractivity contribution in [2.24, 2.45) is 0 Å². The van der Waals surface area contributed by atoms with Gasteiger partial charge in [0.25, 0.3) is 0 Å². The Bertz CT molecular complexity index is 1210. The molecule has 3 aromatic rings. The van der Waals surface area contributed by atoms with E-state index in [0.717, 1.165) is 9.82 Å². The van der Waals surface area contributed by atoms with Gasteiger partial charge in [-0.25, -0.2) is 17.5 Å². The molecule has 0 unspecified atom stereocenters. The van der Waals surface area contributed by atoms with Crippen LogP contribution < -0.4 is 11.0 Å². The van der Waals surface area contributed by atoms with Gasteiger partial charge in [0.2, 0.25) is 15.9 Å². The van der Waals surface area contributed by atoms with Gasteiger partial charge < -0.3 is 5.32 Å². The standard InChI is InChI=1S/C20H24N4O4S/c1-4-23-16-10-6-7-11-17(16)24(20(23)26)14-19(25)21-13-15-9-5-8-12-18(15)29(27,28)22(2)3/h5-12H,4,13-14H2,1-3H3,(H,21,25). The number of aryl methyl sites for hydroxylation is 1. The molecule has 0 spiro atoms. The number of rotatable bonds is 7. The van der Waals surface area contributed by atoms with Crippen LogP contribution in [-0.4, -0.2) is 41.9 Å². The highest BCUT2D eigenvalue weighted by atomic mass is 32.2. The third-order valence-electron chi connectivity index (χ3n) is 4.75. The van der Waals surface area contributed by atoms with Crippen molar-refractivity contribution in [1.82, 2.24) is 18.8 Å². The summed E-state index contributed by atoms with van der Waals surface area (Å²) in [6.45, 7) is 2.28. The lowest BCUT2D eigenvalue weighted by molar-refractivity contribution is -0.121. The zero-order valence-corrected chi connectivity index (χ0v) is 17.4. The minimum atomic E-state index is -3.63. The van der Waals surface area contributed by atoms with Crippen molar-refractivity contribution in [3.05, 3.63) is 64.6 Å². The maximum atomic E-state index is 12.7. The molecule has 0 fully saturated rings. The van der Waals surface area contributed by atoms with Gasteiger partial charge in [-0.3, -0.25) is 13.9 Å². The molecule has 1 heterocycles. The summed E-state index contributed by atoms with van der Waals surface area (Å²) in [5, 5.41) is 2.73. The molecule has 1 aromatic heterocycles. The van der Waals surface area contributed by atoms with Gasteiger partial charge in [0, 0.05) is 27.2 Å². The fraction of sp³-hybridized carbons (Fsp3) is 0.300. The number of nitrogens with one attached hydrogen (secondary N) is 1. The smallest absolute Gasteiger partial charge is 0.329 e. The van der Waals surface area contributed by atoms with E-state index in [9.17, 15) is 18.0 Å². The summed E-state index contributed by atoms with van der Waals surface area (Å²) < 4.78 is 29.1. The zero-order chi connectivity index (χ0) is 21.2. The van der Waals surface area contributed by atoms with E-state index in [-0.39, 0.29) is 29.6 Å². The second-order valence-corrected chi connectivity index (χ2v) is 8.89. The summed E-state index contributed by atoms with van der Waals surface area (Å²) in [5.74, 6) is -0.372. The second kappa shape index (κ2) is 8.22. The molecule has 0 aliphatic carbocycles. The summed E-state index contributed by atoms with van der Waals surface area (Å²) in [5.41, 5.74) is 1.69. The van der Waals surface area contributed by atoms with E-state index in [0.29, 0.717) is 17.6 Å². The first-order valence-electron chi connectivity index (χ1n) is 9.22. The number of hydrogen-bond acceptors (Lipinski definition) is 4. The van der Waals surface area contributed by atoms with Crippen LogP contribution in [0.25, 0.3) is 11.0 Å². The molecule has 9 heteroatoms. The average Bonchev–Trinajstić information content (AvgIpc) is 2.97. The SMILES string of the molecule is CCn1c(=O)n(CC(=O)NCc2ccccc2S(=O)(=O)N(C)C)c2ccccc21. The monoisotopic (exact) mass is 416 g/mol. The Hall–Kier alpha value is -2.91. The van der Waals surface area contributed by atoms with E-state index in [2.05, 4.69) is 5.32 Å². The number of para-hydroxylation sites is 2. The van der Waals surface area contributed by atoms with Crippen molar-refractivity contribution < 1.29 is 13.2 Å². The maximum Gasteiger partial charge on any atom is 0.329 e. The molecule has 0 saturated carbocycles. The van der Waals surface area contributed by atoms with E-state index < -0.39 is 10.0 Å². The van der Waals surface area contributed by atoms with Crippen LogP contribution in [0.5, 0.6) is 0 Å². The van der Waals surface area contributed by atoms with Crippen LogP contribution >= 0.6 is 0 Å². The first-order valence-corrected chi connectivity index (χ1v) is 10.7. The molecule has 0 radical (unpaired) electrons. The average molecular weight is 417 g/mol. The molecule has 2 aromatic carbocycles. The van der Waals surface area contributed by atoms with Gasteiger partial charge in [-0.15, -0.1) is 0 Å². The van der Waals surface area contributed by atoms with E-state index in [1.165, 1.54) is 24.7 Å². The first-order chi connectivity index (χ1) is 13.8. The van der Waals surface area contributed by atoms with Crippen molar-refractivity contribution in [3.8, 4) is 0 Å². The van der Waals surface area contributed by atoms with Gasteiger partial charge in [-0.05, 0) is 30.7 Å². The van der Waals surface area contributed by atoms with Crippen LogP contribution in [0.15, 0.2) is 58.2 Å². The number of amides is 1. The Morgan fingerprint density at radius 3 is 2.21 bits per heavy atom. The van der Waals surface area contributed by atoms with Crippen molar-refractivity contribution in [1.29, 1.82) is 0 Å². The molecule has 29 heavy (non-hydrogen) atoms. The molecule has 154 valence electrons. The molecule has 8 nitrogen and oxygen atoms in total. The molecule has 0 bridgehead atoms. The predicted molar refractivity (Wildman–Crippen MR) is 111 cm³/mol. The number of sulfonamides is 1. The topological polar surface area (TPSA) is 93.4 Å². The fourth-order valence-electron chi connectivity index (χ4n) is 3.22. The Balaban J connectivity index is 1.82. The van der Waals surface area contributed by atoms with Gasteiger partial charge in [-0.1, -0.05) is 30.3 Å². The van der Waals surface area contributed by atoms with Crippen LogP contribution in [-0.2, 0) is 34.5 Å². The summed E-state index contributed by atoms with van der Waals surface area (Å²) >= 11 is 0. The van der Waals surface area contributed by atoms with Crippen LogP contribution in [0.4, 0.5) is 0 Å². The number of carbonyl (C=O) groups excluding carboxylic acids is 1. The highest BCUT2D eigenvalue weighted by molar-refractivity contribution is 7.89.